The summed E-state index contributed by atoms with van der Waals surface area (Å²) < 4.78 is 42.5. The number of hydrogen-bond donors (Lipinski definition) is 0. The highest BCUT2D eigenvalue weighted by molar-refractivity contribution is 9.09. The van der Waals surface area contributed by atoms with E-state index >= 15 is 0 Å². The number of rotatable bonds is 2. The number of sulfone groups is 1. The van der Waals surface area contributed by atoms with E-state index in [0.717, 1.165) is 0 Å². The highest BCUT2D eigenvalue weighted by Crippen LogP contribution is 2.39. The van der Waals surface area contributed by atoms with Crippen LogP contribution in [0.4, 0.5) is 0 Å². The van der Waals surface area contributed by atoms with Crippen LogP contribution in [0, 0.1) is 0 Å². The summed E-state index contributed by atoms with van der Waals surface area (Å²) >= 11 is 3.44. The number of alkyl halides is 1. The van der Waals surface area contributed by atoms with Gasteiger partial charge in [-0.25, -0.2) is 8.42 Å². The van der Waals surface area contributed by atoms with E-state index < -0.39 is 25.9 Å². The molecular formula is C14H17BrO5S. The summed E-state index contributed by atoms with van der Waals surface area (Å²) in [6.07, 6.45) is -0.608. The number of hydrogen-bond acceptors (Lipinski definition) is 5. The molecule has 0 spiro atoms. The smallest absolute Gasteiger partial charge is 0.206 e. The van der Waals surface area contributed by atoms with Crippen LogP contribution in [0.25, 0.3) is 0 Å². The lowest BCUT2D eigenvalue weighted by atomic mass is 10.1. The summed E-state index contributed by atoms with van der Waals surface area (Å²) in [6, 6.07) is 8.31. The zero-order valence-electron chi connectivity index (χ0n) is 11.7. The van der Waals surface area contributed by atoms with Crippen molar-refractivity contribution < 1.29 is 22.6 Å². The van der Waals surface area contributed by atoms with E-state index in [0.29, 0.717) is 0 Å². The lowest BCUT2D eigenvalue weighted by Crippen LogP contribution is -2.51. The maximum atomic E-state index is 12.7. The first-order valence-electron chi connectivity index (χ1n) is 6.71. The van der Waals surface area contributed by atoms with Crippen molar-refractivity contribution in [3.63, 3.8) is 0 Å². The van der Waals surface area contributed by atoms with Gasteiger partial charge in [0, 0.05) is 0 Å². The van der Waals surface area contributed by atoms with Gasteiger partial charge in [0.15, 0.2) is 11.2 Å². The summed E-state index contributed by atoms with van der Waals surface area (Å²) in [6.45, 7) is 3.82. The van der Waals surface area contributed by atoms with Crippen LogP contribution in [0.15, 0.2) is 35.2 Å². The second-order valence-corrected chi connectivity index (χ2v) is 8.73. The van der Waals surface area contributed by atoms with E-state index in [2.05, 4.69) is 15.9 Å². The van der Waals surface area contributed by atoms with Crippen molar-refractivity contribution in [2.24, 2.45) is 0 Å². The zero-order valence-corrected chi connectivity index (χ0v) is 14.1. The van der Waals surface area contributed by atoms with E-state index in [9.17, 15) is 8.42 Å². The largest absolute Gasteiger partial charge is 0.358 e. The van der Waals surface area contributed by atoms with Crippen LogP contribution in [-0.4, -0.2) is 43.3 Å². The molecule has 7 heteroatoms. The van der Waals surface area contributed by atoms with Gasteiger partial charge in [-0.2, -0.15) is 0 Å². The Morgan fingerprint density at radius 3 is 2.52 bits per heavy atom. The molecule has 5 nitrogen and oxygen atoms in total. The Morgan fingerprint density at radius 1 is 1.19 bits per heavy atom. The number of halogens is 1. The van der Waals surface area contributed by atoms with E-state index in [1.54, 1.807) is 30.3 Å². The van der Waals surface area contributed by atoms with Gasteiger partial charge in [-0.15, -0.1) is 0 Å². The maximum absolute atomic E-state index is 12.7. The standard InChI is InChI=1S/C14H17BrO5S/c1-14(2)19-10-8-18-13(11(15)12(10)20-14)21(16,17)9-6-4-3-5-7-9/h3-7,10-13H,8H2,1-2H3/t10-,11+,12-,13-/m1/s1. The molecule has 2 heterocycles. The fourth-order valence-corrected chi connectivity index (χ4v) is 5.72. The van der Waals surface area contributed by atoms with Gasteiger partial charge in [-0.1, -0.05) is 34.1 Å². The Balaban J connectivity index is 1.88. The molecule has 2 fully saturated rings. The Kier molecular flexibility index (Phi) is 3.90. The van der Waals surface area contributed by atoms with Crippen LogP contribution in [0.2, 0.25) is 0 Å². The fraction of sp³-hybridized carbons (Fsp3) is 0.571. The van der Waals surface area contributed by atoms with E-state index in [1.165, 1.54) is 0 Å². The molecule has 3 rings (SSSR count). The van der Waals surface area contributed by atoms with Crippen molar-refractivity contribution >= 4 is 25.8 Å². The molecule has 1 aromatic carbocycles. The molecule has 2 aliphatic heterocycles. The van der Waals surface area contributed by atoms with Gasteiger partial charge in [0.25, 0.3) is 0 Å². The first kappa shape index (κ1) is 15.4. The number of ether oxygens (including phenoxy) is 3. The predicted octanol–water partition coefficient (Wildman–Crippen LogP) is 2.10. The van der Waals surface area contributed by atoms with Crippen LogP contribution >= 0.6 is 15.9 Å². The zero-order chi connectivity index (χ0) is 15.3. The van der Waals surface area contributed by atoms with Crippen LogP contribution in [0.1, 0.15) is 13.8 Å². The summed E-state index contributed by atoms with van der Waals surface area (Å²) in [4.78, 5) is -0.237. The summed E-state index contributed by atoms with van der Waals surface area (Å²) in [5.41, 5.74) is -0.987. The molecular weight excluding hydrogens is 360 g/mol. The molecule has 2 saturated heterocycles. The normalized spacial score (nSPS) is 35.4. The Hall–Kier alpha value is -0.470. The molecule has 4 atom stereocenters. The van der Waals surface area contributed by atoms with Crippen molar-refractivity contribution in [2.45, 2.75) is 47.0 Å². The van der Waals surface area contributed by atoms with Gasteiger partial charge in [0.1, 0.15) is 12.2 Å². The van der Waals surface area contributed by atoms with Crippen molar-refractivity contribution in [2.75, 3.05) is 6.61 Å². The molecule has 2 aliphatic rings. The molecule has 0 saturated carbocycles. The average molecular weight is 377 g/mol. The summed E-state index contributed by atoms with van der Waals surface area (Å²) in [5, 5.41) is 0. The second kappa shape index (κ2) is 5.31. The Morgan fingerprint density at radius 2 is 1.86 bits per heavy atom. The predicted molar refractivity (Wildman–Crippen MR) is 79.9 cm³/mol. The van der Waals surface area contributed by atoms with Crippen molar-refractivity contribution in [1.82, 2.24) is 0 Å². The highest BCUT2D eigenvalue weighted by Gasteiger charge is 2.53. The third-order valence-corrected chi connectivity index (χ3v) is 6.92. The maximum Gasteiger partial charge on any atom is 0.206 e. The molecule has 0 aliphatic carbocycles. The molecule has 0 bridgehead atoms. The monoisotopic (exact) mass is 376 g/mol. The minimum absolute atomic E-state index is 0.201. The van der Waals surface area contributed by atoms with Crippen LogP contribution in [0.5, 0.6) is 0 Å². The molecule has 116 valence electrons. The first-order valence-corrected chi connectivity index (χ1v) is 9.18. The van der Waals surface area contributed by atoms with Crippen LogP contribution in [-0.2, 0) is 24.0 Å². The summed E-state index contributed by atoms with van der Waals surface area (Å²) in [5.74, 6) is -0.726. The lowest BCUT2D eigenvalue weighted by molar-refractivity contribution is -0.146. The lowest BCUT2D eigenvalue weighted by Gasteiger charge is -2.34. The molecule has 0 aromatic heterocycles. The van der Waals surface area contributed by atoms with Crippen LogP contribution in [0.3, 0.4) is 0 Å². The molecule has 0 N–H and O–H groups in total. The molecule has 1 aromatic rings. The highest BCUT2D eigenvalue weighted by atomic mass is 79.9. The number of fused-ring (bicyclic) bond motifs is 1. The SMILES string of the molecule is CC1(C)O[C@H]2[C@H](Br)[C@@H](S(=O)(=O)c3ccccc3)OC[C@H]2O1. The quantitative estimate of drug-likeness (QED) is 0.739. The first-order chi connectivity index (χ1) is 9.81. The molecule has 0 unspecified atom stereocenters. The van der Waals surface area contributed by atoms with Gasteiger partial charge in [0.05, 0.1) is 16.3 Å². The third kappa shape index (κ3) is 2.77. The van der Waals surface area contributed by atoms with E-state index in [4.69, 9.17) is 14.2 Å². The van der Waals surface area contributed by atoms with Gasteiger partial charge in [0.2, 0.25) is 9.84 Å². The second-order valence-electron chi connectivity index (χ2n) is 5.64. The van der Waals surface area contributed by atoms with Crippen molar-refractivity contribution in [3.8, 4) is 0 Å². The molecule has 0 radical (unpaired) electrons. The van der Waals surface area contributed by atoms with Crippen LogP contribution < -0.4 is 0 Å². The Labute approximate surface area is 132 Å². The van der Waals surface area contributed by atoms with Gasteiger partial charge in [-0.3, -0.25) is 0 Å². The van der Waals surface area contributed by atoms with Gasteiger partial charge in [-0.05, 0) is 26.0 Å². The third-order valence-electron chi connectivity index (χ3n) is 3.60. The summed E-state index contributed by atoms with van der Waals surface area (Å²) in [7, 11) is -3.59. The van der Waals surface area contributed by atoms with Crippen molar-refractivity contribution in [1.29, 1.82) is 0 Å². The van der Waals surface area contributed by atoms with Gasteiger partial charge < -0.3 is 14.2 Å². The van der Waals surface area contributed by atoms with Gasteiger partial charge >= 0.3 is 0 Å². The average Bonchev–Trinajstić information content (AvgIpc) is 2.75. The number of benzene rings is 1. The Bertz CT molecular complexity index is 616. The molecule has 21 heavy (non-hydrogen) atoms. The minimum Gasteiger partial charge on any atom is -0.358 e. The minimum atomic E-state index is -3.59. The fourth-order valence-electron chi connectivity index (χ4n) is 2.70. The molecule has 0 amide bonds. The van der Waals surface area contributed by atoms with E-state index in [1.807, 2.05) is 13.8 Å². The van der Waals surface area contributed by atoms with E-state index in [-0.39, 0.29) is 23.7 Å². The topological polar surface area (TPSA) is 61.8 Å². The van der Waals surface area contributed by atoms with Crippen molar-refractivity contribution in [3.05, 3.63) is 30.3 Å².